The third-order valence-electron chi connectivity index (χ3n) is 5.59. The molecular formula is C28H42N2O5. The van der Waals surface area contributed by atoms with Gasteiger partial charge in [0.15, 0.2) is 0 Å². The first-order valence-corrected chi connectivity index (χ1v) is 12.3. The molecular weight excluding hydrogens is 444 g/mol. The van der Waals surface area contributed by atoms with Gasteiger partial charge in [-0.15, -0.1) is 13.2 Å². The van der Waals surface area contributed by atoms with E-state index in [2.05, 4.69) is 23.8 Å². The number of carbonyl (C=O) groups excluding carboxylic acids is 3. The number of allylic oxidation sites excluding steroid dienone is 2. The van der Waals surface area contributed by atoms with E-state index >= 15 is 0 Å². The van der Waals surface area contributed by atoms with Crippen LogP contribution in [0.15, 0.2) is 55.6 Å². The standard InChI is InChI=1S/C28H42N2O5/c1-6-8-10-16-24(17-22-14-11-9-12-15-22)27(34)35-20-28(4,5)30-26(33)23(13-7-2)18-25(32)29-21(3)19-31/h6-7,9,11-12,14-15,21,23-24,31H,1-2,8,10,13,16-20H2,3-5H3,(H,29,32)(H,30,33). The van der Waals surface area contributed by atoms with Crippen LogP contribution in [0.3, 0.4) is 0 Å². The zero-order valence-electron chi connectivity index (χ0n) is 21.4. The lowest BCUT2D eigenvalue weighted by Crippen LogP contribution is -2.50. The molecule has 3 N–H and O–H groups in total. The van der Waals surface area contributed by atoms with Gasteiger partial charge in [0.2, 0.25) is 11.8 Å². The molecule has 194 valence electrons. The number of amides is 2. The van der Waals surface area contributed by atoms with E-state index in [1.807, 2.05) is 36.4 Å². The summed E-state index contributed by atoms with van der Waals surface area (Å²) in [5.74, 6) is -1.82. The van der Waals surface area contributed by atoms with Crippen molar-refractivity contribution in [2.75, 3.05) is 13.2 Å². The lowest BCUT2D eigenvalue weighted by atomic mass is 9.94. The van der Waals surface area contributed by atoms with Gasteiger partial charge in [0.25, 0.3) is 0 Å². The van der Waals surface area contributed by atoms with E-state index in [0.717, 1.165) is 18.4 Å². The van der Waals surface area contributed by atoms with Crippen molar-refractivity contribution in [1.82, 2.24) is 10.6 Å². The first kappa shape index (κ1) is 30.1. The minimum Gasteiger partial charge on any atom is -0.463 e. The predicted octanol–water partition coefficient (Wildman–Crippen LogP) is 3.72. The molecule has 2 amide bonds. The fourth-order valence-corrected chi connectivity index (χ4v) is 3.64. The van der Waals surface area contributed by atoms with E-state index in [-0.39, 0.29) is 49.4 Å². The minimum absolute atomic E-state index is 0.0128. The average Bonchev–Trinajstić information content (AvgIpc) is 2.82. The molecule has 3 unspecified atom stereocenters. The van der Waals surface area contributed by atoms with Gasteiger partial charge in [0.05, 0.1) is 24.0 Å². The summed E-state index contributed by atoms with van der Waals surface area (Å²) >= 11 is 0. The Morgan fingerprint density at radius 2 is 1.80 bits per heavy atom. The van der Waals surface area contributed by atoms with E-state index in [1.165, 1.54) is 0 Å². The Balaban J connectivity index is 2.73. The lowest BCUT2D eigenvalue weighted by molar-refractivity contribution is -0.151. The number of aliphatic hydroxyl groups is 1. The molecule has 0 saturated heterocycles. The molecule has 35 heavy (non-hydrogen) atoms. The van der Waals surface area contributed by atoms with Crippen LogP contribution in [0.5, 0.6) is 0 Å². The van der Waals surface area contributed by atoms with E-state index in [1.54, 1.807) is 26.8 Å². The number of nitrogens with one attached hydrogen (secondary N) is 2. The fourth-order valence-electron chi connectivity index (χ4n) is 3.64. The molecule has 7 heteroatoms. The van der Waals surface area contributed by atoms with Gasteiger partial charge in [0, 0.05) is 12.5 Å². The number of esters is 1. The number of hydrogen-bond acceptors (Lipinski definition) is 5. The molecule has 0 fully saturated rings. The van der Waals surface area contributed by atoms with Crippen LogP contribution in [-0.2, 0) is 25.5 Å². The molecule has 0 radical (unpaired) electrons. The van der Waals surface area contributed by atoms with Crippen molar-refractivity contribution >= 4 is 17.8 Å². The molecule has 1 aromatic rings. The van der Waals surface area contributed by atoms with Gasteiger partial charge in [0.1, 0.15) is 6.61 Å². The van der Waals surface area contributed by atoms with E-state index < -0.39 is 11.5 Å². The summed E-state index contributed by atoms with van der Waals surface area (Å²) in [5.41, 5.74) is 0.251. The Hall–Kier alpha value is -2.93. The SMILES string of the molecule is C=CCCCC(Cc1ccccc1)C(=O)OCC(C)(C)NC(=O)C(CC=C)CC(=O)NC(C)CO. The van der Waals surface area contributed by atoms with Crippen molar-refractivity contribution in [3.8, 4) is 0 Å². The summed E-state index contributed by atoms with van der Waals surface area (Å²) in [6.07, 6.45) is 6.69. The van der Waals surface area contributed by atoms with Crippen molar-refractivity contribution in [2.24, 2.45) is 11.8 Å². The molecule has 0 aromatic heterocycles. The highest BCUT2D eigenvalue weighted by molar-refractivity contribution is 5.86. The maximum absolute atomic E-state index is 12.9. The van der Waals surface area contributed by atoms with Crippen LogP contribution >= 0.6 is 0 Å². The van der Waals surface area contributed by atoms with Gasteiger partial charge < -0.3 is 20.5 Å². The summed E-state index contributed by atoms with van der Waals surface area (Å²) in [5, 5.41) is 14.7. The number of benzene rings is 1. The van der Waals surface area contributed by atoms with E-state index in [9.17, 15) is 14.4 Å². The second-order valence-electron chi connectivity index (χ2n) is 9.66. The van der Waals surface area contributed by atoms with Crippen molar-refractivity contribution < 1.29 is 24.2 Å². The highest BCUT2D eigenvalue weighted by Crippen LogP contribution is 2.19. The zero-order valence-corrected chi connectivity index (χ0v) is 21.4. The number of carbonyl (C=O) groups is 3. The van der Waals surface area contributed by atoms with Crippen LogP contribution in [0.2, 0.25) is 0 Å². The molecule has 0 saturated carbocycles. The van der Waals surface area contributed by atoms with E-state index in [4.69, 9.17) is 9.84 Å². The van der Waals surface area contributed by atoms with Crippen molar-refractivity contribution in [3.05, 3.63) is 61.2 Å². The lowest BCUT2D eigenvalue weighted by Gasteiger charge is -2.29. The Bertz CT molecular complexity index is 822. The van der Waals surface area contributed by atoms with Crippen molar-refractivity contribution in [1.29, 1.82) is 0 Å². The second kappa shape index (κ2) is 15.9. The predicted molar refractivity (Wildman–Crippen MR) is 138 cm³/mol. The molecule has 0 aliphatic rings. The summed E-state index contributed by atoms with van der Waals surface area (Å²) in [7, 11) is 0. The molecule has 7 nitrogen and oxygen atoms in total. The Morgan fingerprint density at radius 1 is 1.11 bits per heavy atom. The van der Waals surface area contributed by atoms with Gasteiger partial charge in [-0.2, -0.15) is 0 Å². The topological polar surface area (TPSA) is 105 Å². The number of aliphatic hydroxyl groups excluding tert-OH is 1. The molecule has 1 rings (SSSR count). The largest absolute Gasteiger partial charge is 0.463 e. The smallest absolute Gasteiger partial charge is 0.309 e. The van der Waals surface area contributed by atoms with Crippen LogP contribution in [0.4, 0.5) is 0 Å². The third-order valence-corrected chi connectivity index (χ3v) is 5.59. The van der Waals surface area contributed by atoms with Gasteiger partial charge in [-0.3, -0.25) is 14.4 Å². The number of ether oxygens (including phenoxy) is 1. The summed E-state index contributed by atoms with van der Waals surface area (Å²) in [4.78, 5) is 38.0. The maximum Gasteiger partial charge on any atom is 0.309 e. The van der Waals surface area contributed by atoms with Crippen LogP contribution in [-0.4, -0.2) is 47.7 Å². The summed E-state index contributed by atoms with van der Waals surface area (Å²) < 4.78 is 5.65. The Kier molecular flexibility index (Phi) is 13.7. The fraction of sp³-hybridized carbons (Fsp3) is 0.536. The zero-order chi connectivity index (χ0) is 26.3. The molecule has 0 aliphatic carbocycles. The molecule has 0 bridgehead atoms. The van der Waals surface area contributed by atoms with Crippen LogP contribution in [0.25, 0.3) is 0 Å². The minimum atomic E-state index is -0.820. The Morgan fingerprint density at radius 3 is 2.40 bits per heavy atom. The van der Waals surface area contributed by atoms with E-state index in [0.29, 0.717) is 19.3 Å². The van der Waals surface area contributed by atoms with Crippen LogP contribution in [0.1, 0.15) is 58.4 Å². The van der Waals surface area contributed by atoms with Gasteiger partial charge in [-0.05, 0) is 58.4 Å². The number of rotatable bonds is 17. The van der Waals surface area contributed by atoms with Crippen LogP contribution in [0, 0.1) is 11.8 Å². The summed E-state index contributed by atoms with van der Waals surface area (Å²) in [6.45, 7) is 12.5. The average molecular weight is 487 g/mol. The molecule has 0 spiro atoms. The van der Waals surface area contributed by atoms with Gasteiger partial charge in [-0.1, -0.05) is 42.5 Å². The second-order valence-corrected chi connectivity index (χ2v) is 9.66. The highest BCUT2D eigenvalue weighted by Gasteiger charge is 2.29. The third kappa shape index (κ3) is 12.4. The molecule has 1 aromatic carbocycles. The first-order chi connectivity index (χ1) is 16.6. The first-order valence-electron chi connectivity index (χ1n) is 12.3. The normalized spacial score (nSPS) is 13.7. The monoisotopic (exact) mass is 486 g/mol. The van der Waals surface area contributed by atoms with Gasteiger partial charge >= 0.3 is 5.97 Å². The number of hydrogen-bond donors (Lipinski definition) is 3. The number of unbranched alkanes of at least 4 members (excludes halogenated alkanes) is 1. The molecule has 0 heterocycles. The van der Waals surface area contributed by atoms with Crippen molar-refractivity contribution in [2.45, 2.75) is 70.9 Å². The summed E-state index contributed by atoms with van der Waals surface area (Å²) in [6, 6.07) is 9.44. The quantitative estimate of drug-likeness (QED) is 0.177. The van der Waals surface area contributed by atoms with Gasteiger partial charge in [-0.25, -0.2) is 0 Å². The van der Waals surface area contributed by atoms with Crippen molar-refractivity contribution in [3.63, 3.8) is 0 Å². The van der Waals surface area contributed by atoms with Crippen LogP contribution < -0.4 is 10.6 Å². The molecule has 3 atom stereocenters. The maximum atomic E-state index is 12.9. The highest BCUT2D eigenvalue weighted by atomic mass is 16.5. The molecule has 0 aliphatic heterocycles. The Labute approximate surface area is 210 Å².